The topological polar surface area (TPSA) is 26.5 Å². The van der Waals surface area contributed by atoms with Crippen LogP contribution in [0.2, 0.25) is 0 Å². The maximum Gasteiger partial charge on any atom is 0.0677 e. The molecular formula is C9H13N2. The predicted octanol–water partition coefficient (Wildman–Crippen LogP) is 2.05. The third-order valence-corrected chi connectivity index (χ3v) is 2.51. The smallest absolute Gasteiger partial charge is 0.0677 e. The van der Waals surface area contributed by atoms with Gasteiger partial charge in [-0.05, 0) is 18.9 Å². The van der Waals surface area contributed by atoms with E-state index in [1.165, 1.54) is 37.8 Å². The van der Waals surface area contributed by atoms with E-state index in [0.29, 0.717) is 5.92 Å². The Hall–Kier alpha value is -0.790. The second-order valence-corrected chi connectivity index (χ2v) is 3.29. The fraction of sp³-hybridized carbons (Fsp3) is 0.667. The third kappa shape index (κ3) is 1.44. The van der Waals surface area contributed by atoms with Crippen molar-refractivity contribution in [1.82, 2.24) is 5.43 Å². The number of allylic oxidation sites excluding steroid dienone is 2. The first-order valence-electron chi connectivity index (χ1n) is 4.41. The summed E-state index contributed by atoms with van der Waals surface area (Å²) < 4.78 is 0. The first-order chi connectivity index (χ1) is 5.47. The molecule has 1 radical (unpaired) electrons. The van der Waals surface area contributed by atoms with E-state index in [4.69, 9.17) is 0 Å². The Morgan fingerprint density at radius 2 is 2.00 bits per heavy atom. The fourth-order valence-electron chi connectivity index (χ4n) is 1.86. The number of rotatable bonds is 1. The Kier molecular flexibility index (Phi) is 1.93. The van der Waals surface area contributed by atoms with Gasteiger partial charge in [0.05, 0.1) is 11.9 Å². The van der Waals surface area contributed by atoms with Crippen LogP contribution >= 0.6 is 0 Å². The van der Waals surface area contributed by atoms with Gasteiger partial charge in [-0.3, -0.25) is 0 Å². The highest BCUT2D eigenvalue weighted by atomic mass is 15.3. The third-order valence-electron chi connectivity index (χ3n) is 2.51. The van der Waals surface area contributed by atoms with Gasteiger partial charge in [0.15, 0.2) is 0 Å². The zero-order chi connectivity index (χ0) is 7.52. The maximum absolute atomic E-state index is 4.09. The molecule has 0 saturated heterocycles. The quantitative estimate of drug-likeness (QED) is 0.545. The van der Waals surface area contributed by atoms with Crippen molar-refractivity contribution in [2.45, 2.75) is 32.1 Å². The molecule has 1 heterocycles. The largest absolute Gasteiger partial charge is 0.159 e. The molecule has 0 spiro atoms. The van der Waals surface area contributed by atoms with E-state index in [9.17, 15) is 0 Å². The van der Waals surface area contributed by atoms with Gasteiger partial charge in [0.2, 0.25) is 0 Å². The standard InChI is InChI=1S/C9H13N2/c1-2-4-8(5-3-1)9-6-7-10-11-9/h6-8H,1-5H2. The summed E-state index contributed by atoms with van der Waals surface area (Å²) in [7, 11) is 0. The van der Waals surface area contributed by atoms with Gasteiger partial charge >= 0.3 is 0 Å². The molecule has 0 amide bonds. The molecule has 0 atom stereocenters. The minimum Gasteiger partial charge on any atom is -0.159 e. The lowest BCUT2D eigenvalue weighted by Crippen LogP contribution is -2.12. The second-order valence-electron chi connectivity index (χ2n) is 3.29. The van der Waals surface area contributed by atoms with E-state index in [1.54, 1.807) is 6.21 Å². The van der Waals surface area contributed by atoms with Gasteiger partial charge in [-0.1, -0.05) is 19.3 Å². The molecule has 2 heteroatoms. The first kappa shape index (κ1) is 6.89. The molecule has 59 valence electrons. The molecule has 0 aromatic heterocycles. The molecule has 0 aromatic rings. The van der Waals surface area contributed by atoms with Crippen LogP contribution in [0, 0.1) is 5.92 Å². The summed E-state index contributed by atoms with van der Waals surface area (Å²) in [6, 6.07) is 0. The Labute approximate surface area is 67.4 Å². The zero-order valence-corrected chi connectivity index (χ0v) is 6.66. The monoisotopic (exact) mass is 149 g/mol. The van der Waals surface area contributed by atoms with Gasteiger partial charge in [-0.2, -0.15) is 10.5 Å². The van der Waals surface area contributed by atoms with Crippen LogP contribution in [-0.4, -0.2) is 6.21 Å². The summed E-state index contributed by atoms with van der Waals surface area (Å²) >= 11 is 0. The van der Waals surface area contributed by atoms with Crippen LogP contribution in [0.1, 0.15) is 32.1 Å². The molecule has 2 nitrogen and oxygen atoms in total. The van der Waals surface area contributed by atoms with E-state index in [-0.39, 0.29) is 0 Å². The van der Waals surface area contributed by atoms with Crippen LogP contribution in [0.5, 0.6) is 0 Å². The van der Waals surface area contributed by atoms with Crippen LogP contribution in [0.25, 0.3) is 0 Å². The van der Waals surface area contributed by atoms with Crippen molar-refractivity contribution < 1.29 is 0 Å². The Morgan fingerprint density at radius 3 is 2.64 bits per heavy atom. The number of hydrogen-bond donors (Lipinski definition) is 0. The number of nitrogens with zero attached hydrogens (tertiary/aromatic N) is 2. The van der Waals surface area contributed by atoms with Gasteiger partial charge in [0.1, 0.15) is 0 Å². The van der Waals surface area contributed by atoms with Crippen molar-refractivity contribution in [3.63, 3.8) is 0 Å². The van der Waals surface area contributed by atoms with E-state index in [1.807, 2.05) is 0 Å². The zero-order valence-electron chi connectivity index (χ0n) is 6.66. The second kappa shape index (κ2) is 3.07. The van der Waals surface area contributed by atoms with Gasteiger partial charge in [0.25, 0.3) is 0 Å². The van der Waals surface area contributed by atoms with Crippen molar-refractivity contribution in [3.8, 4) is 0 Å². The number of hydrogen-bond acceptors (Lipinski definition) is 1. The SMILES string of the molecule is C1=N[N]C(C2CCCCC2)=C1. The summed E-state index contributed by atoms with van der Waals surface area (Å²) in [6.45, 7) is 0. The highest BCUT2D eigenvalue weighted by molar-refractivity contribution is 5.74. The lowest BCUT2D eigenvalue weighted by molar-refractivity contribution is 0.388. The highest BCUT2D eigenvalue weighted by Gasteiger charge is 2.19. The fourth-order valence-corrected chi connectivity index (χ4v) is 1.86. The van der Waals surface area contributed by atoms with E-state index < -0.39 is 0 Å². The maximum atomic E-state index is 4.09. The molecule has 1 aliphatic carbocycles. The molecule has 0 bridgehead atoms. The van der Waals surface area contributed by atoms with Crippen molar-refractivity contribution in [1.29, 1.82) is 0 Å². The van der Waals surface area contributed by atoms with E-state index >= 15 is 0 Å². The molecular weight excluding hydrogens is 136 g/mol. The average molecular weight is 149 g/mol. The summed E-state index contributed by atoms with van der Waals surface area (Å²) in [4.78, 5) is 0. The molecule has 0 aromatic carbocycles. The summed E-state index contributed by atoms with van der Waals surface area (Å²) in [5.74, 6) is 0.714. The van der Waals surface area contributed by atoms with Crippen molar-refractivity contribution in [2.75, 3.05) is 0 Å². The van der Waals surface area contributed by atoms with E-state index in [2.05, 4.69) is 16.6 Å². The Morgan fingerprint density at radius 1 is 1.18 bits per heavy atom. The predicted molar refractivity (Wildman–Crippen MR) is 45.3 cm³/mol. The van der Waals surface area contributed by atoms with Crippen LogP contribution in [0.15, 0.2) is 16.9 Å². The molecule has 2 aliphatic rings. The molecule has 1 fully saturated rings. The minimum atomic E-state index is 0.714. The molecule has 0 unspecified atom stereocenters. The summed E-state index contributed by atoms with van der Waals surface area (Å²) in [5.41, 5.74) is 5.30. The van der Waals surface area contributed by atoms with Crippen molar-refractivity contribution in [3.05, 3.63) is 11.8 Å². The lowest BCUT2D eigenvalue weighted by Gasteiger charge is -2.20. The van der Waals surface area contributed by atoms with Crippen molar-refractivity contribution in [2.24, 2.45) is 11.0 Å². The average Bonchev–Trinajstić information content (AvgIpc) is 2.58. The van der Waals surface area contributed by atoms with Gasteiger partial charge in [-0.15, -0.1) is 0 Å². The molecule has 1 saturated carbocycles. The lowest BCUT2D eigenvalue weighted by atomic mass is 9.87. The van der Waals surface area contributed by atoms with Crippen LogP contribution in [0.3, 0.4) is 0 Å². The molecule has 0 N–H and O–H groups in total. The first-order valence-corrected chi connectivity index (χ1v) is 4.41. The Bertz CT molecular complexity index is 188. The molecule has 11 heavy (non-hydrogen) atoms. The van der Waals surface area contributed by atoms with Crippen LogP contribution in [0.4, 0.5) is 0 Å². The highest BCUT2D eigenvalue weighted by Crippen LogP contribution is 2.29. The minimum absolute atomic E-state index is 0.714. The van der Waals surface area contributed by atoms with Crippen LogP contribution < -0.4 is 5.43 Å². The van der Waals surface area contributed by atoms with Crippen molar-refractivity contribution >= 4 is 6.21 Å². The normalized spacial score (nSPS) is 24.9. The van der Waals surface area contributed by atoms with Gasteiger partial charge in [-0.25, -0.2) is 0 Å². The summed E-state index contributed by atoms with van der Waals surface area (Å²) in [6.07, 6.45) is 10.6. The molecule has 1 aliphatic heterocycles. The van der Waals surface area contributed by atoms with Crippen LogP contribution in [-0.2, 0) is 0 Å². The van der Waals surface area contributed by atoms with E-state index in [0.717, 1.165) is 0 Å². The van der Waals surface area contributed by atoms with Gasteiger partial charge < -0.3 is 0 Å². The van der Waals surface area contributed by atoms with Gasteiger partial charge in [0, 0.05) is 5.92 Å². The summed E-state index contributed by atoms with van der Waals surface area (Å²) in [5, 5.41) is 3.85. The Balaban J connectivity index is 1.93. The molecule has 2 rings (SSSR count).